The molecule has 0 bridgehead atoms. The molecular formula is C20H15F2N5. The summed E-state index contributed by atoms with van der Waals surface area (Å²) in [7, 11) is 0. The molecule has 2 aromatic rings. The van der Waals surface area contributed by atoms with Crippen molar-refractivity contribution in [1.29, 1.82) is 10.5 Å². The lowest BCUT2D eigenvalue weighted by molar-refractivity contribution is 0.342. The van der Waals surface area contributed by atoms with Gasteiger partial charge in [-0.3, -0.25) is 5.01 Å². The number of halogens is 2. The number of rotatable bonds is 4. The van der Waals surface area contributed by atoms with Crippen molar-refractivity contribution >= 4 is 5.71 Å². The molecule has 0 radical (unpaired) electrons. The van der Waals surface area contributed by atoms with Crippen LogP contribution in [0.4, 0.5) is 8.78 Å². The molecule has 1 unspecified atom stereocenters. The summed E-state index contributed by atoms with van der Waals surface area (Å²) in [6.45, 7) is 0. The molecule has 1 heterocycles. The van der Waals surface area contributed by atoms with Crippen LogP contribution in [0.3, 0.4) is 0 Å². The molecule has 0 saturated heterocycles. The molecule has 0 aliphatic carbocycles. The smallest absolute Gasteiger partial charge is 0.183 e. The Kier molecular flexibility index (Phi) is 5.25. The SMILES string of the molecule is N#CC1=NC(Cc2ccc(F)cc2)=C(Cc2ccc(F)cc2)N(N)C1C#N. The first kappa shape index (κ1) is 18.2. The van der Waals surface area contributed by atoms with Gasteiger partial charge in [0.25, 0.3) is 0 Å². The van der Waals surface area contributed by atoms with Crippen molar-refractivity contribution in [3.05, 3.63) is 82.7 Å². The van der Waals surface area contributed by atoms with Crippen molar-refractivity contribution in [2.45, 2.75) is 18.9 Å². The lowest BCUT2D eigenvalue weighted by Gasteiger charge is -2.31. The van der Waals surface area contributed by atoms with Gasteiger partial charge < -0.3 is 0 Å². The second-order valence-electron chi connectivity index (χ2n) is 6.05. The molecule has 7 heteroatoms. The molecule has 5 nitrogen and oxygen atoms in total. The molecule has 134 valence electrons. The molecule has 0 aromatic heterocycles. The molecule has 0 spiro atoms. The molecule has 27 heavy (non-hydrogen) atoms. The van der Waals surface area contributed by atoms with Crippen LogP contribution in [0.25, 0.3) is 0 Å². The van der Waals surface area contributed by atoms with Gasteiger partial charge in [0.05, 0.1) is 17.5 Å². The number of hydrogen-bond acceptors (Lipinski definition) is 5. The van der Waals surface area contributed by atoms with Crippen LogP contribution in [0.1, 0.15) is 11.1 Å². The highest BCUT2D eigenvalue weighted by Gasteiger charge is 2.30. The van der Waals surface area contributed by atoms with E-state index in [1.165, 1.54) is 29.3 Å². The monoisotopic (exact) mass is 363 g/mol. The van der Waals surface area contributed by atoms with Crippen molar-refractivity contribution in [2.75, 3.05) is 0 Å². The van der Waals surface area contributed by atoms with Gasteiger partial charge in [-0.15, -0.1) is 0 Å². The average Bonchev–Trinajstić information content (AvgIpc) is 2.67. The molecule has 2 aromatic carbocycles. The van der Waals surface area contributed by atoms with E-state index in [9.17, 15) is 19.3 Å². The fraction of sp³-hybridized carbons (Fsp3) is 0.150. The van der Waals surface area contributed by atoms with E-state index in [1.54, 1.807) is 24.3 Å². The van der Waals surface area contributed by atoms with Crippen molar-refractivity contribution in [2.24, 2.45) is 10.8 Å². The quantitative estimate of drug-likeness (QED) is 0.846. The van der Waals surface area contributed by atoms with Gasteiger partial charge >= 0.3 is 0 Å². The van der Waals surface area contributed by atoms with Crippen LogP contribution in [0.5, 0.6) is 0 Å². The van der Waals surface area contributed by atoms with Crippen LogP contribution in [0, 0.1) is 34.3 Å². The number of hydrogen-bond donors (Lipinski definition) is 1. The number of benzene rings is 2. The number of nitriles is 2. The topological polar surface area (TPSA) is 89.2 Å². The fourth-order valence-corrected chi connectivity index (χ4v) is 2.84. The normalized spacial score (nSPS) is 16.6. The summed E-state index contributed by atoms with van der Waals surface area (Å²) in [6, 6.07) is 14.7. The van der Waals surface area contributed by atoms with Gasteiger partial charge in [0, 0.05) is 12.8 Å². The maximum Gasteiger partial charge on any atom is 0.183 e. The highest BCUT2D eigenvalue weighted by Crippen LogP contribution is 2.25. The average molecular weight is 363 g/mol. The summed E-state index contributed by atoms with van der Waals surface area (Å²) in [4.78, 5) is 4.34. The molecule has 0 fully saturated rings. The van der Waals surface area contributed by atoms with Crippen LogP contribution in [-0.4, -0.2) is 16.8 Å². The fourth-order valence-electron chi connectivity index (χ4n) is 2.84. The Morgan fingerprint density at radius 1 is 0.926 bits per heavy atom. The molecule has 0 amide bonds. The zero-order chi connectivity index (χ0) is 19.4. The first-order chi connectivity index (χ1) is 13.0. The maximum atomic E-state index is 13.2. The number of allylic oxidation sites excluding steroid dienone is 2. The van der Waals surface area contributed by atoms with Gasteiger partial charge in [0.15, 0.2) is 11.8 Å². The number of nitrogens with two attached hydrogens (primary N) is 1. The van der Waals surface area contributed by atoms with E-state index in [4.69, 9.17) is 5.84 Å². The second kappa shape index (κ2) is 7.77. The zero-order valence-electron chi connectivity index (χ0n) is 14.2. The largest absolute Gasteiger partial charge is 0.289 e. The molecular weight excluding hydrogens is 348 g/mol. The van der Waals surface area contributed by atoms with Crippen molar-refractivity contribution in [3.63, 3.8) is 0 Å². The van der Waals surface area contributed by atoms with Crippen LogP contribution >= 0.6 is 0 Å². The molecule has 2 N–H and O–H groups in total. The van der Waals surface area contributed by atoms with E-state index >= 15 is 0 Å². The maximum absolute atomic E-state index is 13.2. The lowest BCUT2D eigenvalue weighted by atomic mass is 10.00. The van der Waals surface area contributed by atoms with Gasteiger partial charge in [0.1, 0.15) is 17.7 Å². The summed E-state index contributed by atoms with van der Waals surface area (Å²) in [5, 5.41) is 19.9. The molecule has 1 atom stereocenters. The van der Waals surface area contributed by atoms with Crippen LogP contribution in [0.15, 0.2) is 64.9 Å². The number of hydrazine groups is 1. The van der Waals surface area contributed by atoms with Crippen LogP contribution in [0.2, 0.25) is 0 Å². The summed E-state index contributed by atoms with van der Waals surface area (Å²) in [5.74, 6) is 5.43. The third-order valence-electron chi connectivity index (χ3n) is 4.24. The Bertz CT molecular complexity index is 979. The van der Waals surface area contributed by atoms with Gasteiger partial charge in [-0.05, 0) is 35.4 Å². The van der Waals surface area contributed by atoms with Crippen molar-refractivity contribution < 1.29 is 8.78 Å². The molecule has 0 saturated carbocycles. The number of aliphatic imine (C=N–C) groups is 1. The summed E-state index contributed by atoms with van der Waals surface area (Å²) >= 11 is 0. The van der Waals surface area contributed by atoms with Crippen molar-refractivity contribution in [3.8, 4) is 12.1 Å². The van der Waals surface area contributed by atoms with E-state index in [0.29, 0.717) is 24.2 Å². The van der Waals surface area contributed by atoms with Crippen molar-refractivity contribution in [1.82, 2.24) is 5.01 Å². The molecule has 1 aliphatic heterocycles. The van der Waals surface area contributed by atoms with Gasteiger partial charge in [0.2, 0.25) is 0 Å². The van der Waals surface area contributed by atoms with E-state index in [-0.39, 0.29) is 17.3 Å². The molecule has 3 rings (SSSR count). The Balaban J connectivity index is 2.03. The second-order valence-corrected chi connectivity index (χ2v) is 6.05. The highest BCUT2D eigenvalue weighted by atomic mass is 19.1. The Morgan fingerprint density at radius 3 is 1.93 bits per heavy atom. The number of nitrogens with zero attached hydrogens (tertiary/aromatic N) is 4. The first-order valence-corrected chi connectivity index (χ1v) is 8.15. The minimum Gasteiger partial charge on any atom is -0.289 e. The third kappa shape index (κ3) is 4.00. The highest BCUT2D eigenvalue weighted by molar-refractivity contribution is 6.05. The minimum atomic E-state index is -0.998. The Labute approximate surface area is 155 Å². The van der Waals surface area contributed by atoms with E-state index in [0.717, 1.165) is 11.1 Å². The third-order valence-corrected chi connectivity index (χ3v) is 4.24. The first-order valence-electron chi connectivity index (χ1n) is 8.15. The zero-order valence-corrected chi connectivity index (χ0v) is 14.2. The van der Waals surface area contributed by atoms with Gasteiger partial charge in [-0.1, -0.05) is 24.3 Å². The minimum absolute atomic E-state index is 0.0000298. The Morgan fingerprint density at radius 2 is 1.44 bits per heavy atom. The van der Waals surface area contributed by atoms with Crippen LogP contribution in [-0.2, 0) is 12.8 Å². The molecule has 1 aliphatic rings. The van der Waals surface area contributed by atoms with E-state index < -0.39 is 6.04 Å². The lowest BCUT2D eigenvalue weighted by Crippen LogP contribution is -2.47. The van der Waals surface area contributed by atoms with Gasteiger partial charge in [-0.2, -0.15) is 10.5 Å². The summed E-state index contributed by atoms with van der Waals surface area (Å²) in [5.41, 5.74) is 2.63. The van der Waals surface area contributed by atoms with Gasteiger partial charge in [-0.25, -0.2) is 19.6 Å². The van der Waals surface area contributed by atoms with E-state index in [2.05, 4.69) is 4.99 Å². The predicted molar refractivity (Wildman–Crippen MR) is 95.7 cm³/mol. The van der Waals surface area contributed by atoms with Crippen LogP contribution < -0.4 is 5.84 Å². The summed E-state index contributed by atoms with van der Waals surface area (Å²) < 4.78 is 26.3. The summed E-state index contributed by atoms with van der Waals surface area (Å²) in [6.07, 6.45) is 0.627. The predicted octanol–water partition coefficient (Wildman–Crippen LogP) is 3.01. The standard InChI is InChI=1S/C20H15F2N5/c21-15-5-1-13(2-6-15)9-17-19(10-14-3-7-16(22)8-4-14)27(25)20(12-24)18(11-23)26-17/h1-8,20H,9-10,25H2. The Hall–Kier alpha value is -3.55. The van der Waals surface area contributed by atoms with E-state index in [1.807, 2.05) is 12.1 Å².